The molecule has 0 bridgehead atoms. The molecule has 4 nitrogen and oxygen atoms in total. The third-order valence-corrected chi connectivity index (χ3v) is 4.73. The predicted molar refractivity (Wildman–Crippen MR) is 111 cm³/mol. The van der Waals surface area contributed by atoms with Crippen molar-refractivity contribution in [2.75, 3.05) is 0 Å². The first kappa shape index (κ1) is 18.6. The van der Waals surface area contributed by atoms with E-state index in [1.165, 1.54) is 12.1 Å². The van der Waals surface area contributed by atoms with Gasteiger partial charge in [-0.25, -0.2) is 9.07 Å². The molecule has 4 rings (SSSR count). The van der Waals surface area contributed by atoms with Gasteiger partial charge in [0.25, 0.3) is 5.91 Å². The van der Waals surface area contributed by atoms with E-state index >= 15 is 0 Å². The fraction of sp³-hybridized carbons (Fsp3) is 0.0833. The van der Waals surface area contributed by atoms with Crippen molar-refractivity contribution >= 4 is 5.91 Å². The summed E-state index contributed by atoms with van der Waals surface area (Å²) in [6, 6.07) is 26.9. The van der Waals surface area contributed by atoms with Gasteiger partial charge in [0.2, 0.25) is 0 Å². The number of hydrogen-bond acceptors (Lipinski definition) is 2. The van der Waals surface area contributed by atoms with Gasteiger partial charge in [0.05, 0.1) is 17.4 Å². The van der Waals surface area contributed by atoms with E-state index in [1.54, 1.807) is 22.9 Å². The summed E-state index contributed by atoms with van der Waals surface area (Å²) >= 11 is 0. The molecule has 0 saturated carbocycles. The first-order valence-corrected chi connectivity index (χ1v) is 9.39. The van der Waals surface area contributed by atoms with Crippen LogP contribution in [-0.4, -0.2) is 15.7 Å². The zero-order chi connectivity index (χ0) is 20.2. The Morgan fingerprint density at radius 1 is 0.931 bits per heavy atom. The molecule has 3 aromatic carbocycles. The van der Waals surface area contributed by atoms with Gasteiger partial charge in [0.1, 0.15) is 11.5 Å². The minimum atomic E-state index is -0.314. The maximum absolute atomic E-state index is 13.3. The van der Waals surface area contributed by atoms with Gasteiger partial charge < -0.3 is 5.32 Å². The largest absolute Gasteiger partial charge is 0.344 e. The third-order valence-electron chi connectivity index (χ3n) is 4.73. The lowest BCUT2D eigenvalue weighted by molar-refractivity contribution is 0.0932. The van der Waals surface area contributed by atoms with Gasteiger partial charge in [-0.2, -0.15) is 5.10 Å². The Morgan fingerprint density at radius 2 is 1.55 bits per heavy atom. The number of amides is 1. The zero-order valence-electron chi connectivity index (χ0n) is 15.9. The number of para-hydroxylation sites is 1. The van der Waals surface area contributed by atoms with Crippen LogP contribution in [0.5, 0.6) is 0 Å². The summed E-state index contributed by atoms with van der Waals surface area (Å²) in [6.07, 6.45) is 0. The molecule has 144 valence electrons. The van der Waals surface area contributed by atoms with Crippen molar-refractivity contribution in [1.82, 2.24) is 15.1 Å². The summed E-state index contributed by atoms with van der Waals surface area (Å²) in [5, 5.41) is 7.65. The normalized spacial score (nSPS) is 11.8. The van der Waals surface area contributed by atoms with Crippen molar-refractivity contribution in [1.29, 1.82) is 0 Å². The van der Waals surface area contributed by atoms with Gasteiger partial charge in [-0.1, -0.05) is 48.5 Å². The lowest BCUT2D eigenvalue weighted by Gasteiger charge is -2.15. The van der Waals surface area contributed by atoms with Crippen LogP contribution in [0.4, 0.5) is 4.39 Å². The second kappa shape index (κ2) is 8.10. The fourth-order valence-electron chi connectivity index (χ4n) is 3.17. The SMILES string of the molecule is CC(NC(=O)c1cc(-c2ccc(F)cc2)nn1-c1ccccc1)c1ccccc1. The number of halogens is 1. The molecule has 1 atom stereocenters. The molecule has 1 heterocycles. The molecule has 0 aliphatic carbocycles. The lowest BCUT2D eigenvalue weighted by Crippen LogP contribution is -2.28. The highest BCUT2D eigenvalue weighted by molar-refractivity contribution is 5.94. The Hall–Kier alpha value is -3.73. The number of nitrogens with one attached hydrogen (secondary N) is 1. The minimum Gasteiger partial charge on any atom is -0.344 e. The molecule has 4 aromatic rings. The van der Waals surface area contributed by atoms with E-state index in [0.29, 0.717) is 11.4 Å². The van der Waals surface area contributed by atoms with Crippen LogP contribution in [0.2, 0.25) is 0 Å². The molecule has 29 heavy (non-hydrogen) atoms. The summed E-state index contributed by atoms with van der Waals surface area (Å²) in [7, 11) is 0. The van der Waals surface area contributed by atoms with E-state index in [-0.39, 0.29) is 17.8 Å². The summed E-state index contributed by atoms with van der Waals surface area (Å²) in [6.45, 7) is 1.94. The monoisotopic (exact) mass is 385 g/mol. The van der Waals surface area contributed by atoms with Gasteiger partial charge in [-0.05, 0) is 55.0 Å². The van der Waals surface area contributed by atoms with E-state index < -0.39 is 0 Å². The highest BCUT2D eigenvalue weighted by Crippen LogP contribution is 2.23. The molecule has 0 radical (unpaired) electrons. The highest BCUT2D eigenvalue weighted by Gasteiger charge is 2.19. The standard InChI is InChI=1S/C24H20FN3O/c1-17(18-8-4-2-5-9-18)26-24(29)23-16-22(19-12-14-20(25)15-13-19)27-28(23)21-10-6-3-7-11-21/h2-17H,1H3,(H,26,29). The number of rotatable bonds is 5. The maximum atomic E-state index is 13.3. The molecule has 1 amide bonds. The fourth-order valence-corrected chi connectivity index (χ4v) is 3.17. The molecule has 5 heteroatoms. The van der Waals surface area contributed by atoms with Gasteiger partial charge in [0.15, 0.2) is 0 Å². The van der Waals surface area contributed by atoms with Crippen LogP contribution >= 0.6 is 0 Å². The van der Waals surface area contributed by atoms with Crippen molar-refractivity contribution in [3.05, 3.63) is 108 Å². The van der Waals surface area contributed by atoms with Crippen LogP contribution in [0.25, 0.3) is 16.9 Å². The number of carbonyl (C=O) groups is 1. The van der Waals surface area contributed by atoms with Crippen molar-refractivity contribution in [3.8, 4) is 16.9 Å². The van der Waals surface area contributed by atoms with Crippen LogP contribution < -0.4 is 5.32 Å². The van der Waals surface area contributed by atoms with Crippen molar-refractivity contribution in [2.45, 2.75) is 13.0 Å². The molecule has 0 fully saturated rings. The van der Waals surface area contributed by atoms with Crippen LogP contribution in [0.1, 0.15) is 29.0 Å². The lowest BCUT2D eigenvalue weighted by atomic mass is 10.1. The molecular weight excluding hydrogens is 365 g/mol. The van der Waals surface area contributed by atoms with Crippen LogP contribution in [-0.2, 0) is 0 Å². The van der Waals surface area contributed by atoms with E-state index in [2.05, 4.69) is 10.4 Å². The molecular formula is C24H20FN3O. The summed E-state index contributed by atoms with van der Waals surface area (Å²) < 4.78 is 14.9. The topological polar surface area (TPSA) is 46.9 Å². The molecule has 1 aromatic heterocycles. The maximum Gasteiger partial charge on any atom is 0.270 e. The average molecular weight is 385 g/mol. The number of aromatic nitrogens is 2. The van der Waals surface area contributed by atoms with Gasteiger partial charge >= 0.3 is 0 Å². The van der Waals surface area contributed by atoms with Crippen LogP contribution in [0.15, 0.2) is 91.0 Å². The van der Waals surface area contributed by atoms with Crippen LogP contribution in [0.3, 0.4) is 0 Å². The highest BCUT2D eigenvalue weighted by atomic mass is 19.1. The molecule has 0 spiro atoms. The van der Waals surface area contributed by atoms with Crippen molar-refractivity contribution in [3.63, 3.8) is 0 Å². The van der Waals surface area contributed by atoms with Crippen LogP contribution in [0, 0.1) is 5.82 Å². The second-order valence-electron chi connectivity index (χ2n) is 6.77. The Bertz CT molecular complexity index is 1110. The Balaban J connectivity index is 1.70. The van der Waals surface area contributed by atoms with Gasteiger partial charge in [-0.3, -0.25) is 4.79 Å². The number of nitrogens with zero attached hydrogens (tertiary/aromatic N) is 2. The quantitative estimate of drug-likeness (QED) is 0.515. The predicted octanol–water partition coefficient (Wildman–Crippen LogP) is 5.17. The molecule has 0 aliphatic heterocycles. The second-order valence-corrected chi connectivity index (χ2v) is 6.77. The Kier molecular flexibility index (Phi) is 5.20. The Morgan fingerprint density at radius 3 is 2.21 bits per heavy atom. The molecule has 1 N–H and O–H groups in total. The number of carbonyl (C=O) groups excluding carboxylic acids is 1. The molecule has 1 unspecified atom stereocenters. The van der Waals surface area contributed by atoms with E-state index in [0.717, 1.165) is 16.8 Å². The number of hydrogen-bond donors (Lipinski definition) is 1. The smallest absolute Gasteiger partial charge is 0.270 e. The van der Waals surface area contributed by atoms with E-state index in [1.807, 2.05) is 67.6 Å². The Labute approximate surface area is 168 Å². The average Bonchev–Trinajstić information content (AvgIpc) is 3.21. The first-order valence-electron chi connectivity index (χ1n) is 9.39. The number of benzene rings is 3. The summed E-state index contributed by atoms with van der Waals surface area (Å²) in [4.78, 5) is 13.1. The zero-order valence-corrected chi connectivity index (χ0v) is 15.9. The van der Waals surface area contributed by atoms with E-state index in [9.17, 15) is 9.18 Å². The summed E-state index contributed by atoms with van der Waals surface area (Å²) in [5.41, 5.74) is 3.56. The van der Waals surface area contributed by atoms with E-state index in [4.69, 9.17) is 0 Å². The third kappa shape index (κ3) is 4.09. The minimum absolute atomic E-state index is 0.155. The summed E-state index contributed by atoms with van der Waals surface area (Å²) in [5.74, 6) is -0.544. The molecule has 0 saturated heterocycles. The van der Waals surface area contributed by atoms with Gasteiger partial charge in [0, 0.05) is 5.56 Å². The van der Waals surface area contributed by atoms with Gasteiger partial charge in [-0.15, -0.1) is 0 Å². The van der Waals surface area contributed by atoms with Crippen molar-refractivity contribution < 1.29 is 9.18 Å². The first-order chi connectivity index (χ1) is 14.1. The molecule has 0 aliphatic rings. The van der Waals surface area contributed by atoms with Crippen molar-refractivity contribution in [2.24, 2.45) is 0 Å².